The van der Waals surface area contributed by atoms with Gasteiger partial charge in [-0.15, -0.1) is 0 Å². The molecule has 0 bridgehead atoms. The Morgan fingerprint density at radius 2 is 1.90 bits per heavy atom. The van der Waals surface area contributed by atoms with Gasteiger partial charge in [0.05, 0.1) is 0 Å². The zero-order valence-electron chi connectivity index (χ0n) is 11.0. The lowest BCUT2D eigenvalue weighted by atomic mass is 10.2. The van der Waals surface area contributed by atoms with E-state index in [0.717, 1.165) is 10.9 Å². The summed E-state index contributed by atoms with van der Waals surface area (Å²) in [6.07, 6.45) is 1.86. The van der Waals surface area contributed by atoms with Crippen molar-refractivity contribution in [1.82, 2.24) is 4.57 Å². The highest BCUT2D eigenvalue weighted by Crippen LogP contribution is 2.24. The molecule has 0 spiro atoms. The molecular formula is C16H12Cl2N2O. The molecule has 0 unspecified atom stereocenters. The summed E-state index contributed by atoms with van der Waals surface area (Å²) in [5, 5.41) is 5.03. The van der Waals surface area contributed by atoms with Crippen molar-refractivity contribution in [1.29, 1.82) is 0 Å². The lowest BCUT2D eigenvalue weighted by molar-refractivity contribution is -0.116. The molecule has 3 nitrogen and oxygen atoms in total. The van der Waals surface area contributed by atoms with Crippen LogP contribution in [0.1, 0.15) is 0 Å². The van der Waals surface area contributed by atoms with Gasteiger partial charge in [-0.2, -0.15) is 0 Å². The van der Waals surface area contributed by atoms with E-state index >= 15 is 0 Å². The van der Waals surface area contributed by atoms with Crippen molar-refractivity contribution in [3.63, 3.8) is 0 Å². The van der Waals surface area contributed by atoms with E-state index in [1.54, 1.807) is 24.3 Å². The first-order valence-corrected chi connectivity index (χ1v) is 7.18. The summed E-state index contributed by atoms with van der Waals surface area (Å²) in [5.74, 6) is -0.116. The van der Waals surface area contributed by atoms with Crippen LogP contribution in [0.15, 0.2) is 54.7 Å². The molecule has 5 heteroatoms. The SMILES string of the molecule is O=C(Cn1ccc2c(Cl)cccc21)Nc1cccc(Cl)c1. The predicted octanol–water partition coefficient (Wildman–Crippen LogP) is 4.59. The fraction of sp³-hybridized carbons (Fsp3) is 0.0625. The molecule has 1 aromatic heterocycles. The van der Waals surface area contributed by atoms with E-state index < -0.39 is 0 Å². The molecule has 0 atom stereocenters. The minimum atomic E-state index is -0.116. The van der Waals surface area contributed by atoms with Gasteiger partial charge in [0, 0.05) is 32.8 Å². The second-order valence-corrected chi connectivity index (χ2v) is 5.52. The van der Waals surface area contributed by atoms with Crippen LogP contribution in [0.2, 0.25) is 10.0 Å². The molecule has 2 aromatic carbocycles. The first kappa shape index (κ1) is 14.0. The largest absolute Gasteiger partial charge is 0.338 e. The summed E-state index contributed by atoms with van der Waals surface area (Å²) in [7, 11) is 0. The fourth-order valence-electron chi connectivity index (χ4n) is 2.25. The number of rotatable bonds is 3. The number of halogens is 2. The fourth-order valence-corrected chi connectivity index (χ4v) is 2.67. The van der Waals surface area contributed by atoms with E-state index in [9.17, 15) is 4.79 Å². The van der Waals surface area contributed by atoms with Crippen LogP contribution in [0.3, 0.4) is 0 Å². The number of hydrogen-bond donors (Lipinski definition) is 1. The number of carbonyl (C=O) groups is 1. The summed E-state index contributed by atoms with van der Waals surface area (Å²) in [6, 6.07) is 14.6. The number of benzene rings is 2. The summed E-state index contributed by atoms with van der Waals surface area (Å²) >= 11 is 12.0. The summed E-state index contributed by atoms with van der Waals surface area (Å²) in [5.41, 5.74) is 1.62. The Balaban J connectivity index is 1.79. The van der Waals surface area contributed by atoms with E-state index in [4.69, 9.17) is 23.2 Å². The van der Waals surface area contributed by atoms with E-state index in [-0.39, 0.29) is 12.5 Å². The first-order valence-electron chi connectivity index (χ1n) is 6.42. The van der Waals surface area contributed by atoms with Crippen molar-refractivity contribution in [2.24, 2.45) is 0 Å². The molecule has 106 valence electrons. The zero-order chi connectivity index (χ0) is 14.8. The second kappa shape index (κ2) is 5.80. The Hall–Kier alpha value is -1.97. The number of anilines is 1. The number of aromatic nitrogens is 1. The monoisotopic (exact) mass is 318 g/mol. The molecule has 1 heterocycles. The van der Waals surface area contributed by atoms with Crippen molar-refractivity contribution in [3.05, 3.63) is 64.8 Å². The standard InChI is InChI=1S/C16H12Cl2N2O/c17-11-3-1-4-12(9-11)19-16(21)10-20-8-7-13-14(18)5-2-6-15(13)20/h1-9H,10H2,(H,19,21). The Kier molecular flexibility index (Phi) is 3.86. The number of nitrogens with zero attached hydrogens (tertiary/aromatic N) is 1. The smallest absolute Gasteiger partial charge is 0.244 e. The molecule has 21 heavy (non-hydrogen) atoms. The topological polar surface area (TPSA) is 34.0 Å². The van der Waals surface area contributed by atoms with Gasteiger partial charge in [0.15, 0.2) is 0 Å². The zero-order valence-corrected chi connectivity index (χ0v) is 12.5. The van der Waals surface area contributed by atoms with Crippen LogP contribution in [0.25, 0.3) is 10.9 Å². The van der Waals surface area contributed by atoms with E-state index in [1.807, 2.05) is 35.0 Å². The molecular weight excluding hydrogens is 307 g/mol. The quantitative estimate of drug-likeness (QED) is 0.753. The maximum Gasteiger partial charge on any atom is 0.244 e. The lowest BCUT2D eigenvalue weighted by Gasteiger charge is -2.08. The molecule has 0 aliphatic carbocycles. The van der Waals surface area contributed by atoms with E-state index in [1.165, 1.54) is 0 Å². The van der Waals surface area contributed by atoms with Crippen LogP contribution in [0, 0.1) is 0 Å². The van der Waals surface area contributed by atoms with Crippen molar-refractivity contribution in [2.75, 3.05) is 5.32 Å². The van der Waals surface area contributed by atoms with Gasteiger partial charge in [0.2, 0.25) is 5.91 Å². The Bertz CT molecular complexity index is 811. The van der Waals surface area contributed by atoms with Crippen LogP contribution >= 0.6 is 23.2 Å². The summed E-state index contributed by atoms with van der Waals surface area (Å²) in [6.45, 7) is 0.219. The van der Waals surface area contributed by atoms with Crippen molar-refractivity contribution in [3.8, 4) is 0 Å². The minimum Gasteiger partial charge on any atom is -0.338 e. The molecule has 1 N–H and O–H groups in total. The van der Waals surface area contributed by atoms with Gasteiger partial charge in [0.1, 0.15) is 6.54 Å². The summed E-state index contributed by atoms with van der Waals surface area (Å²) < 4.78 is 1.86. The maximum atomic E-state index is 12.1. The second-order valence-electron chi connectivity index (χ2n) is 4.67. The number of hydrogen-bond acceptors (Lipinski definition) is 1. The molecule has 0 aliphatic rings. The van der Waals surface area contributed by atoms with E-state index in [2.05, 4.69) is 5.32 Å². The van der Waals surface area contributed by atoms with Crippen LogP contribution < -0.4 is 5.32 Å². The number of carbonyl (C=O) groups excluding carboxylic acids is 1. The molecule has 0 aliphatic heterocycles. The number of fused-ring (bicyclic) bond motifs is 1. The molecule has 1 amide bonds. The van der Waals surface area contributed by atoms with E-state index in [0.29, 0.717) is 15.7 Å². The molecule has 0 fully saturated rings. The van der Waals surface area contributed by atoms with Gasteiger partial charge in [-0.3, -0.25) is 4.79 Å². The normalized spacial score (nSPS) is 10.8. The van der Waals surface area contributed by atoms with Gasteiger partial charge in [0.25, 0.3) is 0 Å². The van der Waals surface area contributed by atoms with Gasteiger partial charge in [-0.05, 0) is 36.4 Å². The molecule has 0 radical (unpaired) electrons. The van der Waals surface area contributed by atoms with Crippen molar-refractivity contribution < 1.29 is 4.79 Å². The third-order valence-electron chi connectivity index (χ3n) is 3.18. The van der Waals surface area contributed by atoms with Crippen molar-refractivity contribution in [2.45, 2.75) is 6.54 Å². The van der Waals surface area contributed by atoms with Gasteiger partial charge >= 0.3 is 0 Å². The van der Waals surface area contributed by atoms with Crippen LogP contribution in [-0.4, -0.2) is 10.5 Å². The van der Waals surface area contributed by atoms with Gasteiger partial charge in [-0.25, -0.2) is 0 Å². The Morgan fingerprint density at radius 1 is 1.10 bits per heavy atom. The van der Waals surface area contributed by atoms with Gasteiger partial charge in [-0.1, -0.05) is 35.3 Å². The third-order valence-corrected chi connectivity index (χ3v) is 3.75. The highest BCUT2D eigenvalue weighted by atomic mass is 35.5. The molecule has 3 aromatic rings. The highest BCUT2D eigenvalue weighted by molar-refractivity contribution is 6.35. The van der Waals surface area contributed by atoms with Crippen LogP contribution in [0.4, 0.5) is 5.69 Å². The Morgan fingerprint density at radius 3 is 2.71 bits per heavy atom. The molecule has 3 rings (SSSR count). The highest BCUT2D eigenvalue weighted by Gasteiger charge is 2.08. The molecule has 0 saturated carbocycles. The average molecular weight is 319 g/mol. The summed E-state index contributed by atoms with van der Waals surface area (Å²) in [4.78, 5) is 12.1. The van der Waals surface area contributed by atoms with Crippen LogP contribution in [-0.2, 0) is 11.3 Å². The lowest BCUT2D eigenvalue weighted by Crippen LogP contribution is -2.18. The average Bonchev–Trinajstić information content (AvgIpc) is 2.83. The van der Waals surface area contributed by atoms with Crippen LogP contribution in [0.5, 0.6) is 0 Å². The Labute approximate surface area is 132 Å². The first-order chi connectivity index (χ1) is 10.1. The number of nitrogens with one attached hydrogen (secondary N) is 1. The molecule has 0 saturated heterocycles. The van der Waals surface area contributed by atoms with Crippen molar-refractivity contribution >= 4 is 45.7 Å². The third kappa shape index (κ3) is 3.04. The maximum absolute atomic E-state index is 12.1. The van der Waals surface area contributed by atoms with Gasteiger partial charge < -0.3 is 9.88 Å². The predicted molar refractivity (Wildman–Crippen MR) is 87.0 cm³/mol. The minimum absolute atomic E-state index is 0.116. The number of amides is 1.